The van der Waals surface area contributed by atoms with E-state index in [0.717, 1.165) is 16.0 Å². The molecule has 86 valence electrons. The lowest BCUT2D eigenvalue weighted by atomic mass is 10.2. The summed E-state index contributed by atoms with van der Waals surface area (Å²) in [5.41, 5.74) is 7.34. The van der Waals surface area contributed by atoms with Crippen molar-refractivity contribution in [3.63, 3.8) is 0 Å². The molecule has 0 radical (unpaired) electrons. The maximum absolute atomic E-state index is 5.87. The first kappa shape index (κ1) is 10.5. The van der Waals surface area contributed by atoms with Crippen LogP contribution in [0, 0.1) is 0 Å². The zero-order chi connectivity index (χ0) is 11.8. The Morgan fingerprint density at radius 2 is 2.29 bits per heavy atom. The van der Waals surface area contributed by atoms with Crippen molar-refractivity contribution in [2.24, 2.45) is 0 Å². The summed E-state index contributed by atoms with van der Waals surface area (Å²) in [5, 5.41) is 10.3. The van der Waals surface area contributed by atoms with Gasteiger partial charge in [0.15, 0.2) is 10.8 Å². The summed E-state index contributed by atoms with van der Waals surface area (Å²) >= 11 is 3.12. The summed E-state index contributed by atoms with van der Waals surface area (Å²) in [7, 11) is 0. The van der Waals surface area contributed by atoms with Crippen LogP contribution in [0.2, 0.25) is 0 Å². The minimum absolute atomic E-state index is 0.510. The molecule has 3 N–H and O–H groups in total. The fraction of sp³-hybridized carbons (Fsp3) is 0.100. The van der Waals surface area contributed by atoms with Crippen molar-refractivity contribution < 1.29 is 0 Å². The van der Waals surface area contributed by atoms with E-state index in [1.807, 2.05) is 23.8 Å². The van der Waals surface area contributed by atoms with Gasteiger partial charge in [-0.2, -0.15) is 5.10 Å². The topological polar surface area (TPSA) is 80.5 Å². The third kappa shape index (κ3) is 1.67. The van der Waals surface area contributed by atoms with Crippen molar-refractivity contribution >= 4 is 39.9 Å². The summed E-state index contributed by atoms with van der Waals surface area (Å²) in [4.78, 5) is 9.91. The molecule has 0 amide bonds. The number of aromatic amines is 1. The number of nitrogen functional groups attached to an aromatic ring is 1. The van der Waals surface area contributed by atoms with Crippen molar-refractivity contribution in [2.75, 3.05) is 12.0 Å². The molecule has 3 heterocycles. The molecule has 7 heteroatoms. The van der Waals surface area contributed by atoms with Crippen molar-refractivity contribution in [1.82, 2.24) is 20.2 Å². The highest BCUT2D eigenvalue weighted by Crippen LogP contribution is 2.32. The van der Waals surface area contributed by atoms with E-state index >= 15 is 0 Å². The molecule has 0 saturated carbocycles. The largest absolute Gasteiger partial charge is 0.383 e. The third-order valence-corrected chi connectivity index (χ3v) is 3.78. The number of rotatable bonds is 2. The molecule has 0 unspecified atom stereocenters. The highest BCUT2D eigenvalue weighted by Gasteiger charge is 2.15. The molecule has 0 spiro atoms. The predicted octanol–water partition coefficient (Wildman–Crippen LogP) is 2.39. The van der Waals surface area contributed by atoms with Gasteiger partial charge in [0.2, 0.25) is 0 Å². The van der Waals surface area contributed by atoms with E-state index in [9.17, 15) is 0 Å². The quantitative estimate of drug-likeness (QED) is 0.548. The molecule has 0 aliphatic rings. The fourth-order valence-corrected chi connectivity index (χ4v) is 2.69. The second-order valence-electron chi connectivity index (χ2n) is 3.37. The number of nitrogens with zero attached hydrogens (tertiary/aromatic N) is 3. The molecular formula is C10H9N5S2. The fourth-order valence-electron chi connectivity index (χ4n) is 1.61. The standard InChI is InChI=1S/C10H9N5S2/c1-16-10-12-7(5-3-2-4-17-5)6-8(11)14-15-9(6)13-10/h2-4H,1H3,(H3,11,12,13,14,15). The van der Waals surface area contributed by atoms with Crippen LogP contribution in [-0.2, 0) is 0 Å². The van der Waals surface area contributed by atoms with E-state index in [-0.39, 0.29) is 0 Å². The van der Waals surface area contributed by atoms with Gasteiger partial charge in [-0.25, -0.2) is 9.97 Å². The summed E-state index contributed by atoms with van der Waals surface area (Å²) in [6.45, 7) is 0. The van der Waals surface area contributed by atoms with Crippen molar-refractivity contribution in [3.8, 4) is 10.6 Å². The van der Waals surface area contributed by atoms with Gasteiger partial charge in [0.1, 0.15) is 5.82 Å². The van der Waals surface area contributed by atoms with Gasteiger partial charge < -0.3 is 5.73 Å². The van der Waals surface area contributed by atoms with Crippen LogP contribution < -0.4 is 5.73 Å². The number of fused-ring (bicyclic) bond motifs is 1. The van der Waals surface area contributed by atoms with Crippen molar-refractivity contribution in [1.29, 1.82) is 0 Å². The minimum atomic E-state index is 0.510. The average molecular weight is 263 g/mol. The molecule has 3 aromatic heterocycles. The smallest absolute Gasteiger partial charge is 0.190 e. The molecule has 17 heavy (non-hydrogen) atoms. The highest BCUT2D eigenvalue weighted by atomic mass is 32.2. The third-order valence-electron chi connectivity index (χ3n) is 2.36. The lowest BCUT2D eigenvalue weighted by Gasteiger charge is -2.02. The van der Waals surface area contributed by atoms with E-state index in [1.54, 1.807) is 11.3 Å². The zero-order valence-electron chi connectivity index (χ0n) is 8.97. The Labute approximate surface area is 105 Å². The van der Waals surface area contributed by atoms with Gasteiger partial charge in [-0.05, 0) is 17.7 Å². The minimum Gasteiger partial charge on any atom is -0.383 e. The van der Waals surface area contributed by atoms with Crippen LogP contribution in [0.4, 0.5) is 5.82 Å². The number of nitrogens with two attached hydrogens (primary N) is 1. The second-order valence-corrected chi connectivity index (χ2v) is 5.09. The van der Waals surface area contributed by atoms with E-state index in [0.29, 0.717) is 16.6 Å². The van der Waals surface area contributed by atoms with Gasteiger partial charge in [-0.3, -0.25) is 5.10 Å². The Morgan fingerprint density at radius 3 is 3.00 bits per heavy atom. The van der Waals surface area contributed by atoms with Crippen molar-refractivity contribution in [3.05, 3.63) is 17.5 Å². The molecule has 0 fully saturated rings. The number of H-pyrrole nitrogens is 1. The van der Waals surface area contributed by atoms with E-state index in [2.05, 4.69) is 20.2 Å². The Morgan fingerprint density at radius 1 is 1.41 bits per heavy atom. The maximum atomic E-state index is 5.87. The molecule has 5 nitrogen and oxygen atoms in total. The monoisotopic (exact) mass is 263 g/mol. The molecule has 3 rings (SSSR count). The number of anilines is 1. The number of nitrogens with one attached hydrogen (secondary N) is 1. The molecule has 0 atom stereocenters. The number of thiophene rings is 1. The van der Waals surface area contributed by atoms with Gasteiger partial charge in [-0.15, -0.1) is 11.3 Å². The maximum Gasteiger partial charge on any atom is 0.190 e. The summed E-state index contributed by atoms with van der Waals surface area (Å²) in [5.74, 6) is 0.510. The van der Waals surface area contributed by atoms with Crippen LogP contribution in [0.25, 0.3) is 21.6 Å². The lowest BCUT2D eigenvalue weighted by molar-refractivity contribution is 0.990. The lowest BCUT2D eigenvalue weighted by Crippen LogP contribution is -1.92. The Kier molecular flexibility index (Phi) is 2.49. The first-order chi connectivity index (χ1) is 8.29. The highest BCUT2D eigenvalue weighted by molar-refractivity contribution is 7.98. The number of hydrogen-bond acceptors (Lipinski definition) is 6. The van der Waals surface area contributed by atoms with Crippen LogP contribution in [0.1, 0.15) is 0 Å². The average Bonchev–Trinajstić information content (AvgIpc) is 2.98. The SMILES string of the molecule is CSc1nc(-c2cccs2)c2c(N)[nH]nc2n1. The molecule has 3 aromatic rings. The van der Waals surface area contributed by atoms with Crippen molar-refractivity contribution in [2.45, 2.75) is 5.16 Å². The molecule has 0 aromatic carbocycles. The molecule has 0 saturated heterocycles. The van der Waals surface area contributed by atoms with E-state index < -0.39 is 0 Å². The van der Waals surface area contributed by atoms with Crippen LogP contribution in [0.15, 0.2) is 22.7 Å². The van der Waals surface area contributed by atoms with E-state index in [4.69, 9.17) is 5.73 Å². The second kappa shape index (κ2) is 4.01. The number of hydrogen-bond donors (Lipinski definition) is 2. The van der Waals surface area contributed by atoms with Gasteiger partial charge >= 0.3 is 0 Å². The van der Waals surface area contributed by atoms with Crippen LogP contribution in [-0.4, -0.2) is 26.4 Å². The number of thioether (sulfide) groups is 1. The predicted molar refractivity (Wildman–Crippen MR) is 71.2 cm³/mol. The Bertz CT molecular complexity index is 659. The molecule has 0 aliphatic carbocycles. The summed E-state index contributed by atoms with van der Waals surface area (Å²) < 4.78 is 0. The number of aromatic nitrogens is 4. The van der Waals surface area contributed by atoms with Crippen LogP contribution in [0.5, 0.6) is 0 Å². The summed E-state index contributed by atoms with van der Waals surface area (Å²) in [6, 6.07) is 4.01. The normalized spacial score (nSPS) is 11.1. The van der Waals surface area contributed by atoms with Gasteiger partial charge in [0.25, 0.3) is 0 Å². The first-order valence-corrected chi connectivity index (χ1v) is 6.99. The van der Waals surface area contributed by atoms with Crippen LogP contribution >= 0.6 is 23.1 Å². The Hall–Kier alpha value is -1.60. The molecule has 0 bridgehead atoms. The van der Waals surface area contributed by atoms with Gasteiger partial charge in [0.05, 0.1) is 16.0 Å². The van der Waals surface area contributed by atoms with Gasteiger partial charge in [-0.1, -0.05) is 17.8 Å². The zero-order valence-corrected chi connectivity index (χ0v) is 10.6. The Balaban J connectivity index is 2.37. The molecular weight excluding hydrogens is 254 g/mol. The van der Waals surface area contributed by atoms with E-state index in [1.165, 1.54) is 11.8 Å². The first-order valence-electron chi connectivity index (χ1n) is 4.89. The van der Waals surface area contributed by atoms with Gasteiger partial charge in [0, 0.05) is 0 Å². The molecule has 0 aliphatic heterocycles. The van der Waals surface area contributed by atoms with Crippen LogP contribution in [0.3, 0.4) is 0 Å². The summed E-state index contributed by atoms with van der Waals surface area (Å²) in [6.07, 6.45) is 1.94.